The van der Waals surface area contributed by atoms with Crippen LogP contribution in [0, 0.1) is 6.92 Å². The third kappa shape index (κ3) is 4.93. The molecule has 0 aliphatic carbocycles. The van der Waals surface area contributed by atoms with Crippen LogP contribution in [0.3, 0.4) is 0 Å². The highest BCUT2D eigenvalue weighted by Crippen LogP contribution is 2.33. The molecule has 3 aromatic carbocycles. The zero-order chi connectivity index (χ0) is 26.9. The molecule has 2 aromatic heterocycles. The second kappa shape index (κ2) is 10.2. The number of rotatable bonds is 7. The molecule has 0 saturated heterocycles. The van der Waals surface area contributed by atoms with Crippen molar-refractivity contribution in [1.82, 2.24) is 9.97 Å². The van der Waals surface area contributed by atoms with E-state index in [1.807, 2.05) is 6.07 Å². The van der Waals surface area contributed by atoms with Crippen LogP contribution >= 0.6 is 11.6 Å². The third-order valence-corrected chi connectivity index (χ3v) is 7.62. The van der Waals surface area contributed by atoms with Crippen molar-refractivity contribution in [3.8, 4) is 0 Å². The Kier molecular flexibility index (Phi) is 6.79. The molecular formula is C28H20ClN3O5S. The summed E-state index contributed by atoms with van der Waals surface area (Å²) in [5.41, 5.74) is 1.91. The van der Waals surface area contributed by atoms with Crippen LogP contribution in [0.2, 0.25) is 5.02 Å². The van der Waals surface area contributed by atoms with Crippen molar-refractivity contribution < 1.29 is 22.4 Å². The molecule has 0 aliphatic rings. The molecule has 0 atom stereocenters. The molecule has 5 rings (SSSR count). The maximum absolute atomic E-state index is 13.3. The van der Waals surface area contributed by atoms with E-state index in [2.05, 4.69) is 15.3 Å². The average molecular weight is 546 g/mol. The number of anilines is 1. The van der Waals surface area contributed by atoms with Crippen molar-refractivity contribution in [3.05, 3.63) is 118 Å². The zero-order valence-electron chi connectivity index (χ0n) is 20.0. The molecule has 1 N–H and O–H groups in total. The Morgan fingerprint density at radius 3 is 2.39 bits per heavy atom. The number of sulfone groups is 1. The van der Waals surface area contributed by atoms with Gasteiger partial charge >= 0.3 is 0 Å². The third-order valence-electron chi connectivity index (χ3n) is 5.90. The lowest BCUT2D eigenvalue weighted by atomic mass is 10.1. The number of benzene rings is 3. The van der Waals surface area contributed by atoms with Crippen molar-refractivity contribution in [1.29, 1.82) is 0 Å². The van der Waals surface area contributed by atoms with E-state index < -0.39 is 26.7 Å². The molecule has 190 valence electrons. The first-order chi connectivity index (χ1) is 18.2. The lowest BCUT2D eigenvalue weighted by Gasteiger charge is -2.09. The second-order valence-corrected chi connectivity index (χ2v) is 10.8. The monoisotopic (exact) mass is 545 g/mol. The zero-order valence-corrected chi connectivity index (χ0v) is 21.6. The summed E-state index contributed by atoms with van der Waals surface area (Å²) in [4.78, 5) is 34.5. The summed E-state index contributed by atoms with van der Waals surface area (Å²) < 4.78 is 32.0. The lowest BCUT2D eigenvalue weighted by Crippen LogP contribution is -2.19. The molecule has 0 bridgehead atoms. The van der Waals surface area contributed by atoms with Gasteiger partial charge < -0.3 is 9.73 Å². The number of aryl methyl sites for hydroxylation is 1. The molecule has 0 saturated carbocycles. The smallest absolute Gasteiger partial charge is 0.276 e. The summed E-state index contributed by atoms with van der Waals surface area (Å²) in [6.45, 7) is 1.80. The SMILES string of the molecule is Cc1ccccc1CS(=O)(=O)c1ncc(Cl)c(C(=O)Nc2c(C(=O)c3ccccc3)oc3ccccc23)n1. The van der Waals surface area contributed by atoms with Gasteiger partial charge in [-0.15, -0.1) is 0 Å². The van der Waals surface area contributed by atoms with Crippen molar-refractivity contribution in [3.63, 3.8) is 0 Å². The Balaban J connectivity index is 1.51. The van der Waals surface area contributed by atoms with E-state index in [0.29, 0.717) is 22.1 Å². The summed E-state index contributed by atoms with van der Waals surface area (Å²) in [6, 6.07) is 22.4. The highest BCUT2D eigenvalue weighted by Gasteiger charge is 2.27. The molecule has 0 aliphatic heterocycles. The molecular weight excluding hydrogens is 526 g/mol. The van der Waals surface area contributed by atoms with Crippen LogP contribution in [0.5, 0.6) is 0 Å². The lowest BCUT2D eigenvalue weighted by molar-refractivity contribution is 0.101. The quantitative estimate of drug-likeness (QED) is 0.207. The molecule has 2 heterocycles. The number of amides is 1. The van der Waals surface area contributed by atoms with Gasteiger partial charge in [-0.25, -0.2) is 18.4 Å². The number of carbonyl (C=O) groups is 2. The van der Waals surface area contributed by atoms with Crippen LogP contribution in [0.4, 0.5) is 5.69 Å². The molecule has 0 radical (unpaired) electrons. The van der Waals surface area contributed by atoms with E-state index in [1.54, 1.807) is 79.7 Å². The molecule has 0 unspecified atom stereocenters. The summed E-state index contributed by atoms with van der Waals surface area (Å²) in [6.07, 6.45) is 1.07. The number of ketones is 1. The first kappa shape index (κ1) is 25.3. The Morgan fingerprint density at radius 2 is 1.63 bits per heavy atom. The number of carbonyl (C=O) groups excluding carboxylic acids is 2. The van der Waals surface area contributed by atoms with Gasteiger partial charge in [-0.05, 0) is 30.2 Å². The van der Waals surface area contributed by atoms with Gasteiger partial charge in [0, 0.05) is 10.9 Å². The Bertz CT molecular complexity index is 1800. The molecule has 38 heavy (non-hydrogen) atoms. The number of nitrogens with one attached hydrogen (secondary N) is 1. The minimum Gasteiger partial charge on any atom is -0.450 e. The molecule has 0 fully saturated rings. The highest BCUT2D eigenvalue weighted by molar-refractivity contribution is 7.90. The van der Waals surface area contributed by atoms with Crippen LogP contribution in [-0.2, 0) is 15.6 Å². The molecule has 10 heteroatoms. The predicted octanol–water partition coefficient (Wildman–Crippen LogP) is 5.64. The van der Waals surface area contributed by atoms with Gasteiger partial charge in [0.2, 0.25) is 20.8 Å². The van der Waals surface area contributed by atoms with Crippen molar-refractivity contribution in [2.75, 3.05) is 5.32 Å². The van der Waals surface area contributed by atoms with Crippen LogP contribution in [0.15, 0.2) is 94.6 Å². The van der Waals surface area contributed by atoms with E-state index in [4.69, 9.17) is 16.0 Å². The maximum atomic E-state index is 13.3. The van der Waals surface area contributed by atoms with Crippen LogP contribution in [-0.4, -0.2) is 30.1 Å². The first-order valence-corrected chi connectivity index (χ1v) is 13.5. The summed E-state index contributed by atoms with van der Waals surface area (Å²) in [5.74, 6) is -1.68. The van der Waals surface area contributed by atoms with Crippen LogP contribution in [0.25, 0.3) is 11.0 Å². The predicted molar refractivity (Wildman–Crippen MR) is 143 cm³/mol. The largest absolute Gasteiger partial charge is 0.450 e. The van der Waals surface area contributed by atoms with Crippen molar-refractivity contribution in [2.24, 2.45) is 0 Å². The number of nitrogens with zero attached hydrogens (tertiary/aromatic N) is 2. The molecule has 5 aromatic rings. The number of halogens is 1. The van der Waals surface area contributed by atoms with Crippen LogP contribution < -0.4 is 5.32 Å². The van der Waals surface area contributed by atoms with E-state index in [-0.39, 0.29) is 27.9 Å². The van der Waals surface area contributed by atoms with Crippen molar-refractivity contribution >= 4 is 49.8 Å². The van der Waals surface area contributed by atoms with Gasteiger partial charge in [0.05, 0.1) is 22.7 Å². The van der Waals surface area contributed by atoms with Crippen molar-refractivity contribution in [2.45, 2.75) is 17.8 Å². The average Bonchev–Trinajstić information content (AvgIpc) is 3.28. The number of hydrogen-bond acceptors (Lipinski definition) is 7. The van der Waals surface area contributed by atoms with E-state index in [0.717, 1.165) is 11.8 Å². The number of aromatic nitrogens is 2. The molecule has 1 amide bonds. The maximum Gasteiger partial charge on any atom is 0.276 e. The van der Waals surface area contributed by atoms with E-state index >= 15 is 0 Å². The topological polar surface area (TPSA) is 119 Å². The standard InChI is InChI=1S/C28H20ClN3O5S/c1-17-9-5-6-12-19(17)16-38(35,36)28-30-15-21(29)24(32-28)27(34)31-23-20-13-7-8-14-22(20)37-26(23)25(33)18-10-3-2-4-11-18/h2-15H,16H2,1H3,(H,31,34). The summed E-state index contributed by atoms with van der Waals surface area (Å²) in [7, 11) is -4.00. The fourth-order valence-corrected chi connectivity index (χ4v) is 5.41. The Morgan fingerprint density at radius 1 is 0.947 bits per heavy atom. The number of fused-ring (bicyclic) bond motifs is 1. The Labute approximate surface area is 223 Å². The second-order valence-electron chi connectivity index (χ2n) is 8.49. The van der Waals surface area contributed by atoms with Gasteiger partial charge in [0.1, 0.15) is 5.58 Å². The van der Waals surface area contributed by atoms with Gasteiger partial charge in [0.25, 0.3) is 5.91 Å². The fraction of sp³-hybridized carbons (Fsp3) is 0.0714. The summed E-state index contributed by atoms with van der Waals surface area (Å²) >= 11 is 6.21. The normalized spacial score (nSPS) is 11.4. The molecule has 8 nitrogen and oxygen atoms in total. The van der Waals surface area contributed by atoms with Gasteiger partial charge in [-0.2, -0.15) is 0 Å². The minimum atomic E-state index is -4.00. The summed E-state index contributed by atoms with van der Waals surface area (Å²) in [5, 5.41) is 2.45. The van der Waals surface area contributed by atoms with Crippen LogP contribution in [0.1, 0.15) is 37.7 Å². The first-order valence-electron chi connectivity index (χ1n) is 11.5. The molecule has 0 spiro atoms. The highest BCUT2D eigenvalue weighted by atomic mass is 35.5. The Hall–Kier alpha value is -4.34. The van der Waals surface area contributed by atoms with E-state index in [1.165, 1.54) is 0 Å². The van der Waals surface area contributed by atoms with E-state index in [9.17, 15) is 18.0 Å². The number of para-hydroxylation sites is 1. The van der Waals surface area contributed by atoms with Gasteiger partial charge in [0.15, 0.2) is 11.5 Å². The van der Waals surface area contributed by atoms with Gasteiger partial charge in [-0.1, -0.05) is 78.3 Å². The number of hydrogen-bond donors (Lipinski definition) is 1. The fourth-order valence-electron chi connectivity index (χ4n) is 3.92. The number of furan rings is 1. The van der Waals surface area contributed by atoms with Gasteiger partial charge in [-0.3, -0.25) is 9.59 Å². The minimum absolute atomic E-state index is 0.0803.